The zero-order valence-electron chi connectivity index (χ0n) is 9.32. The maximum Gasteiger partial charge on any atom is 0.214 e. The van der Waals surface area contributed by atoms with Gasteiger partial charge in [0.1, 0.15) is 0 Å². The van der Waals surface area contributed by atoms with Crippen molar-refractivity contribution in [3.8, 4) is 0 Å². The van der Waals surface area contributed by atoms with Gasteiger partial charge in [-0.3, -0.25) is 0 Å². The van der Waals surface area contributed by atoms with Crippen LogP contribution in [-0.2, 0) is 0 Å². The first-order valence-corrected chi connectivity index (χ1v) is 6.16. The smallest absolute Gasteiger partial charge is 0.214 e. The number of anilines is 1. The van der Waals surface area contributed by atoms with Crippen LogP contribution in [0, 0.1) is 23.7 Å². The Morgan fingerprint density at radius 1 is 1.38 bits per heavy atom. The number of fused-ring (bicyclic) bond motifs is 2. The molecule has 2 bridgehead atoms. The third kappa shape index (κ3) is 1.91. The molecular weight excluding hydrogens is 203 g/mol. The lowest BCUT2D eigenvalue weighted by Crippen LogP contribution is -2.20. The molecule has 2 nitrogen and oxygen atoms in total. The number of nitrogens with zero attached hydrogens (tertiary/aromatic N) is 1. The summed E-state index contributed by atoms with van der Waals surface area (Å²) in [6, 6.07) is 3.30. The van der Waals surface area contributed by atoms with Crippen LogP contribution in [0.2, 0.25) is 0 Å². The molecule has 0 aromatic carbocycles. The molecule has 2 aliphatic carbocycles. The topological polar surface area (TPSA) is 24.9 Å². The second kappa shape index (κ2) is 4.04. The fourth-order valence-corrected chi connectivity index (χ4v) is 3.39. The van der Waals surface area contributed by atoms with Crippen LogP contribution in [0.15, 0.2) is 18.3 Å². The maximum atomic E-state index is 12.9. The zero-order chi connectivity index (χ0) is 11.0. The second-order valence-electron chi connectivity index (χ2n) is 5.18. The lowest BCUT2D eigenvalue weighted by molar-refractivity contribution is 0.348. The highest BCUT2D eigenvalue weighted by Gasteiger charge is 2.38. The van der Waals surface area contributed by atoms with E-state index in [-0.39, 0.29) is 0 Å². The minimum atomic E-state index is -0.405. The van der Waals surface area contributed by atoms with Gasteiger partial charge in [0.05, 0.1) is 0 Å². The van der Waals surface area contributed by atoms with Crippen LogP contribution in [0.3, 0.4) is 0 Å². The summed E-state index contributed by atoms with van der Waals surface area (Å²) in [7, 11) is 0. The van der Waals surface area contributed by atoms with Gasteiger partial charge in [-0.05, 0) is 43.1 Å². The van der Waals surface area contributed by atoms with Gasteiger partial charge in [0, 0.05) is 24.5 Å². The number of hydrogen-bond donors (Lipinski definition) is 1. The molecule has 0 spiro atoms. The van der Waals surface area contributed by atoms with Gasteiger partial charge in [-0.25, -0.2) is 4.98 Å². The Bertz CT molecular complexity index is 380. The van der Waals surface area contributed by atoms with E-state index in [1.807, 2.05) is 6.07 Å². The zero-order valence-corrected chi connectivity index (χ0v) is 9.32. The molecule has 3 unspecified atom stereocenters. The van der Waals surface area contributed by atoms with Crippen molar-refractivity contribution in [2.75, 3.05) is 11.9 Å². The molecule has 1 heterocycles. The molecule has 86 valence electrons. The predicted molar refractivity (Wildman–Crippen MR) is 61.6 cm³/mol. The van der Waals surface area contributed by atoms with Crippen LogP contribution < -0.4 is 5.32 Å². The van der Waals surface area contributed by atoms with Crippen molar-refractivity contribution >= 4 is 5.69 Å². The van der Waals surface area contributed by atoms with Gasteiger partial charge in [-0.15, -0.1) is 0 Å². The summed E-state index contributed by atoms with van der Waals surface area (Å²) in [5.41, 5.74) is 0.857. The molecule has 0 amide bonds. The number of aromatic nitrogens is 1. The van der Waals surface area contributed by atoms with Crippen LogP contribution in [0.5, 0.6) is 0 Å². The molecule has 1 aromatic rings. The van der Waals surface area contributed by atoms with Crippen LogP contribution >= 0.6 is 0 Å². The van der Waals surface area contributed by atoms with Crippen molar-refractivity contribution in [2.24, 2.45) is 17.8 Å². The van der Waals surface area contributed by atoms with Crippen molar-refractivity contribution < 1.29 is 4.39 Å². The molecule has 2 aliphatic rings. The first-order chi connectivity index (χ1) is 7.81. The van der Waals surface area contributed by atoms with Gasteiger partial charge in [0.2, 0.25) is 5.95 Å². The molecule has 2 saturated carbocycles. The Labute approximate surface area is 95.3 Å². The minimum absolute atomic E-state index is 0.405. The lowest BCUT2D eigenvalue weighted by atomic mass is 9.89. The fraction of sp³-hybridized carbons (Fsp3) is 0.615. The van der Waals surface area contributed by atoms with E-state index in [4.69, 9.17) is 0 Å². The van der Waals surface area contributed by atoms with Gasteiger partial charge in [0.25, 0.3) is 0 Å². The lowest BCUT2D eigenvalue weighted by Gasteiger charge is -2.22. The van der Waals surface area contributed by atoms with Crippen molar-refractivity contribution in [3.63, 3.8) is 0 Å². The molecule has 1 aromatic heterocycles. The van der Waals surface area contributed by atoms with E-state index >= 15 is 0 Å². The Kier molecular flexibility index (Phi) is 2.54. The number of halogens is 1. The first-order valence-electron chi connectivity index (χ1n) is 6.16. The highest BCUT2D eigenvalue weighted by molar-refractivity contribution is 5.41. The van der Waals surface area contributed by atoms with Crippen LogP contribution in [0.25, 0.3) is 0 Å². The van der Waals surface area contributed by atoms with E-state index in [1.165, 1.54) is 37.9 Å². The van der Waals surface area contributed by atoms with Crippen molar-refractivity contribution in [1.82, 2.24) is 4.98 Å². The molecule has 3 atom stereocenters. The van der Waals surface area contributed by atoms with Gasteiger partial charge in [0.15, 0.2) is 0 Å². The molecule has 16 heavy (non-hydrogen) atoms. The molecule has 0 aliphatic heterocycles. The second-order valence-corrected chi connectivity index (χ2v) is 5.18. The maximum absolute atomic E-state index is 12.9. The van der Waals surface area contributed by atoms with E-state index in [9.17, 15) is 4.39 Å². The van der Waals surface area contributed by atoms with Gasteiger partial charge >= 0.3 is 0 Å². The Morgan fingerprint density at radius 2 is 2.31 bits per heavy atom. The van der Waals surface area contributed by atoms with E-state index in [0.29, 0.717) is 0 Å². The van der Waals surface area contributed by atoms with Gasteiger partial charge < -0.3 is 5.32 Å². The van der Waals surface area contributed by atoms with Crippen molar-refractivity contribution in [2.45, 2.75) is 25.7 Å². The van der Waals surface area contributed by atoms with Gasteiger partial charge in [-0.1, -0.05) is 6.42 Å². The highest BCUT2D eigenvalue weighted by atomic mass is 19.1. The first kappa shape index (κ1) is 10.1. The molecule has 1 N–H and O–H groups in total. The summed E-state index contributed by atoms with van der Waals surface area (Å²) >= 11 is 0. The van der Waals surface area contributed by atoms with E-state index in [2.05, 4.69) is 10.3 Å². The quantitative estimate of drug-likeness (QED) is 0.792. The average Bonchev–Trinajstić information content (AvgIpc) is 2.88. The highest BCUT2D eigenvalue weighted by Crippen LogP contribution is 2.48. The number of nitrogens with one attached hydrogen (secondary N) is 1. The van der Waals surface area contributed by atoms with Crippen molar-refractivity contribution in [1.29, 1.82) is 0 Å². The normalized spacial score (nSPS) is 31.9. The molecule has 3 rings (SSSR count). The monoisotopic (exact) mass is 220 g/mol. The number of hydrogen-bond acceptors (Lipinski definition) is 2. The number of pyridine rings is 1. The summed E-state index contributed by atoms with van der Waals surface area (Å²) in [6.07, 6.45) is 7.15. The summed E-state index contributed by atoms with van der Waals surface area (Å²) in [5.74, 6) is 2.29. The molecular formula is C13H17FN2. The summed E-state index contributed by atoms with van der Waals surface area (Å²) in [4.78, 5) is 3.55. The third-order valence-corrected chi connectivity index (χ3v) is 4.18. The van der Waals surface area contributed by atoms with Crippen molar-refractivity contribution in [3.05, 3.63) is 24.3 Å². The standard InChI is InChI=1S/C13H17FN2/c14-13-7-12(3-4-15-13)16-8-11-6-9-1-2-10(11)5-9/h3-4,7,9-11H,1-2,5-6,8H2,(H,15,16). The summed E-state index contributed by atoms with van der Waals surface area (Å²) in [6.45, 7) is 0.991. The fourth-order valence-electron chi connectivity index (χ4n) is 3.39. The van der Waals surface area contributed by atoms with Crippen LogP contribution in [0.4, 0.5) is 10.1 Å². The summed E-state index contributed by atoms with van der Waals surface area (Å²) < 4.78 is 12.9. The largest absolute Gasteiger partial charge is 0.385 e. The number of rotatable bonds is 3. The third-order valence-electron chi connectivity index (χ3n) is 4.18. The Morgan fingerprint density at radius 3 is 3.00 bits per heavy atom. The molecule has 3 heteroatoms. The molecule has 2 fully saturated rings. The van der Waals surface area contributed by atoms with E-state index in [1.54, 1.807) is 0 Å². The van der Waals surface area contributed by atoms with Crippen LogP contribution in [0.1, 0.15) is 25.7 Å². The van der Waals surface area contributed by atoms with E-state index in [0.717, 1.165) is 30.0 Å². The average molecular weight is 220 g/mol. The SMILES string of the molecule is Fc1cc(NCC2CC3CCC2C3)ccn1. The minimum Gasteiger partial charge on any atom is -0.385 e. The van der Waals surface area contributed by atoms with Crippen LogP contribution in [-0.4, -0.2) is 11.5 Å². The molecule has 0 radical (unpaired) electrons. The van der Waals surface area contributed by atoms with Gasteiger partial charge in [-0.2, -0.15) is 4.39 Å². The van der Waals surface area contributed by atoms with E-state index < -0.39 is 5.95 Å². The Hall–Kier alpha value is -1.12. The molecule has 0 saturated heterocycles. The Balaban J connectivity index is 1.57. The predicted octanol–water partition coefficient (Wildman–Crippen LogP) is 3.07. The summed E-state index contributed by atoms with van der Waals surface area (Å²) in [5, 5.41) is 3.33.